The molecule has 1 aromatic carbocycles. The number of imide groups is 1. The van der Waals surface area contributed by atoms with Crippen LogP contribution in [0.3, 0.4) is 0 Å². The zero-order valence-electron chi connectivity index (χ0n) is 14.2. The number of nitrogens with one attached hydrogen (secondary N) is 2. The Morgan fingerprint density at radius 2 is 2.08 bits per heavy atom. The van der Waals surface area contributed by atoms with Gasteiger partial charge in [-0.3, -0.25) is 24.6 Å². The maximum absolute atomic E-state index is 12.5. The van der Waals surface area contributed by atoms with E-state index in [9.17, 15) is 24.5 Å². The maximum atomic E-state index is 12.5. The summed E-state index contributed by atoms with van der Waals surface area (Å²) in [6, 6.07) is 4.79. The second kappa shape index (κ2) is 6.88. The molecule has 1 unspecified atom stereocenters. The minimum atomic E-state index is -1.03. The van der Waals surface area contributed by atoms with Crippen molar-refractivity contribution in [3.05, 3.63) is 34.4 Å². The van der Waals surface area contributed by atoms with E-state index in [-0.39, 0.29) is 17.3 Å². The minimum Gasteiger partial charge on any atom is -0.324 e. The molecule has 1 aliphatic heterocycles. The highest BCUT2D eigenvalue weighted by atomic mass is 16.6. The predicted molar refractivity (Wildman–Crippen MR) is 89.8 cm³/mol. The van der Waals surface area contributed by atoms with Crippen LogP contribution in [0.15, 0.2) is 24.3 Å². The molecule has 1 fully saturated rings. The second-order valence-electron chi connectivity index (χ2n) is 6.61. The van der Waals surface area contributed by atoms with Crippen LogP contribution in [-0.4, -0.2) is 39.8 Å². The molecule has 0 aliphatic carbocycles. The lowest BCUT2D eigenvalue weighted by molar-refractivity contribution is -0.384. The van der Waals surface area contributed by atoms with Crippen molar-refractivity contribution in [3.8, 4) is 0 Å². The van der Waals surface area contributed by atoms with E-state index in [1.54, 1.807) is 6.92 Å². The summed E-state index contributed by atoms with van der Waals surface area (Å²) < 4.78 is 0. The first-order valence-electron chi connectivity index (χ1n) is 7.81. The summed E-state index contributed by atoms with van der Waals surface area (Å²) >= 11 is 0. The average molecular weight is 348 g/mol. The quantitative estimate of drug-likeness (QED) is 0.462. The number of nitro benzene ring substituents is 1. The number of rotatable bonds is 6. The number of amides is 4. The lowest BCUT2D eigenvalue weighted by Gasteiger charge is -2.23. The topological polar surface area (TPSA) is 122 Å². The standard InChI is InChI=1S/C16H20N4O5/c1-10(2)8-16(3)14(22)19(15(23)18-16)9-13(21)17-11-5-4-6-12(7-11)20(24)25/h4-7,10H,8-9H2,1-3H3,(H,17,21)(H,18,23). The van der Waals surface area contributed by atoms with Crippen molar-refractivity contribution in [3.63, 3.8) is 0 Å². The Bertz CT molecular complexity index is 733. The Labute approximate surface area is 144 Å². The van der Waals surface area contributed by atoms with E-state index < -0.39 is 34.9 Å². The van der Waals surface area contributed by atoms with Crippen molar-refractivity contribution in [2.45, 2.75) is 32.7 Å². The number of non-ortho nitro benzene ring substituents is 1. The Morgan fingerprint density at radius 3 is 2.68 bits per heavy atom. The summed E-state index contributed by atoms with van der Waals surface area (Å²) in [7, 11) is 0. The van der Waals surface area contributed by atoms with E-state index in [0.29, 0.717) is 6.42 Å². The highest BCUT2D eigenvalue weighted by molar-refractivity contribution is 6.09. The van der Waals surface area contributed by atoms with Gasteiger partial charge in [-0.2, -0.15) is 0 Å². The Morgan fingerprint density at radius 1 is 1.40 bits per heavy atom. The molecule has 25 heavy (non-hydrogen) atoms. The van der Waals surface area contributed by atoms with E-state index in [2.05, 4.69) is 10.6 Å². The van der Waals surface area contributed by atoms with Crippen molar-refractivity contribution < 1.29 is 19.3 Å². The van der Waals surface area contributed by atoms with Gasteiger partial charge in [0.25, 0.3) is 11.6 Å². The van der Waals surface area contributed by atoms with Crippen molar-refractivity contribution in [1.82, 2.24) is 10.2 Å². The summed E-state index contributed by atoms with van der Waals surface area (Å²) in [4.78, 5) is 47.7. The highest BCUT2D eigenvalue weighted by Gasteiger charge is 2.48. The molecule has 1 aromatic rings. The fourth-order valence-electron chi connectivity index (χ4n) is 2.89. The number of urea groups is 1. The molecule has 1 atom stereocenters. The Hall–Kier alpha value is -2.97. The predicted octanol–water partition coefficient (Wildman–Crippen LogP) is 1.89. The molecule has 0 bridgehead atoms. The summed E-state index contributed by atoms with van der Waals surface area (Å²) in [5.74, 6) is -0.883. The third kappa shape index (κ3) is 4.11. The van der Waals surface area contributed by atoms with Gasteiger partial charge < -0.3 is 10.6 Å². The van der Waals surface area contributed by atoms with Crippen molar-refractivity contribution in [1.29, 1.82) is 0 Å². The molecular weight excluding hydrogens is 328 g/mol. The van der Waals surface area contributed by atoms with Gasteiger partial charge in [0.15, 0.2) is 0 Å². The zero-order valence-corrected chi connectivity index (χ0v) is 14.2. The van der Waals surface area contributed by atoms with E-state index >= 15 is 0 Å². The van der Waals surface area contributed by atoms with Gasteiger partial charge >= 0.3 is 6.03 Å². The van der Waals surface area contributed by atoms with Crippen molar-refractivity contribution >= 4 is 29.2 Å². The van der Waals surface area contributed by atoms with Gasteiger partial charge in [0.1, 0.15) is 12.1 Å². The van der Waals surface area contributed by atoms with E-state index in [0.717, 1.165) is 4.90 Å². The fourth-order valence-corrected chi connectivity index (χ4v) is 2.89. The maximum Gasteiger partial charge on any atom is 0.325 e. The molecule has 9 heteroatoms. The van der Waals surface area contributed by atoms with Crippen LogP contribution in [0, 0.1) is 16.0 Å². The number of benzene rings is 1. The summed E-state index contributed by atoms with van der Waals surface area (Å²) in [5, 5.41) is 15.8. The lowest BCUT2D eigenvalue weighted by Crippen LogP contribution is -2.45. The molecule has 2 rings (SSSR count). The average Bonchev–Trinajstić information content (AvgIpc) is 2.70. The lowest BCUT2D eigenvalue weighted by atomic mass is 9.91. The monoisotopic (exact) mass is 348 g/mol. The first kappa shape index (κ1) is 18.4. The summed E-state index contributed by atoms with van der Waals surface area (Å²) in [6.45, 7) is 5.04. The van der Waals surface area contributed by atoms with Crippen LogP contribution in [0.4, 0.5) is 16.2 Å². The number of nitrogens with zero attached hydrogens (tertiary/aromatic N) is 2. The van der Waals surface area contributed by atoms with Gasteiger partial charge in [-0.05, 0) is 25.3 Å². The largest absolute Gasteiger partial charge is 0.325 e. The molecule has 1 aliphatic rings. The van der Waals surface area contributed by atoms with Crippen molar-refractivity contribution in [2.75, 3.05) is 11.9 Å². The van der Waals surface area contributed by atoms with Gasteiger partial charge in [0.05, 0.1) is 4.92 Å². The number of carbonyl (C=O) groups is 3. The van der Waals surface area contributed by atoms with Crippen LogP contribution in [0.2, 0.25) is 0 Å². The molecule has 0 saturated carbocycles. The van der Waals surface area contributed by atoms with Gasteiger partial charge in [-0.15, -0.1) is 0 Å². The first-order valence-corrected chi connectivity index (χ1v) is 7.81. The van der Waals surface area contributed by atoms with Crippen LogP contribution >= 0.6 is 0 Å². The normalized spacial score (nSPS) is 19.9. The van der Waals surface area contributed by atoms with E-state index in [4.69, 9.17) is 0 Å². The van der Waals surface area contributed by atoms with E-state index in [1.807, 2.05) is 13.8 Å². The van der Waals surface area contributed by atoms with Crippen molar-refractivity contribution in [2.24, 2.45) is 5.92 Å². The molecular formula is C16H20N4O5. The second-order valence-corrected chi connectivity index (χ2v) is 6.61. The number of hydrogen-bond donors (Lipinski definition) is 2. The highest BCUT2D eigenvalue weighted by Crippen LogP contribution is 2.25. The Kier molecular flexibility index (Phi) is 5.05. The minimum absolute atomic E-state index is 0.169. The molecule has 0 spiro atoms. The number of hydrogen-bond acceptors (Lipinski definition) is 5. The summed E-state index contributed by atoms with van der Waals surface area (Å²) in [6.07, 6.45) is 0.459. The molecule has 1 saturated heterocycles. The third-order valence-electron chi connectivity index (χ3n) is 3.80. The molecule has 0 radical (unpaired) electrons. The molecule has 134 valence electrons. The first-order chi connectivity index (χ1) is 11.6. The zero-order chi connectivity index (χ0) is 18.8. The molecule has 1 heterocycles. The fraction of sp³-hybridized carbons (Fsp3) is 0.438. The number of nitro groups is 1. The van der Waals surface area contributed by atoms with Gasteiger partial charge in [-0.1, -0.05) is 19.9 Å². The third-order valence-corrected chi connectivity index (χ3v) is 3.80. The molecule has 2 N–H and O–H groups in total. The Balaban J connectivity index is 2.05. The van der Waals surface area contributed by atoms with Crippen LogP contribution in [0.5, 0.6) is 0 Å². The van der Waals surface area contributed by atoms with Crippen LogP contribution in [-0.2, 0) is 9.59 Å². The van der Waals surface area contributed by atoms with E-state index in [1.165, 1.54) is 24.3 Å². The van der Waals surface area contributed by atoms with Crippen LogP contribution < -0.4 is 10.6 Å². The molecule has 4 amide bonds. The number of anilines is 1. The van der Waals surface area contributed by atoms with Crippen LogP contribution in [0.25, 0.3) is 0 Å². The van der Waals surface area contributed by atoms with Gasteiger partial charge in [0.2, 0.25) is 5.91 Å². The summed E-state index contributed by atoms with van der Waals surface area (Å²) in [5.41, 5.74) is -0.981. The van der Waals surface area contributed by atoms with Gasteiger partial charge in [-0.25, -0.2) is 4.79 Å². The number of carbonyl (C=O) groups excluding carboxylic acids is 3. The van der Waals surface area contributed by atoms with Crippen LogP contribution in [0.1, 0.15) is 27.2 Å². The SMILES string of the molecule is CC(C)CC1(C)NC(=O)N(CC(=O)Nc2cccc([N+](=O)[O-])c2)C1=O. The van der Waals surface area contributed by atoms with Gasteiger partial charge in [0, 0.05) is 17.8 Å². The molecule has 9 nitrogen and oxygen atoms in total. The molecule has 0 aromatic heterocycles. The smallest absolute Gasteiger partial charge is 0.324 e.